The fraction of sp³-hybridized carbons (Fsp3) is 0.562. The molecule has 0 aliphatic carbocycles. The Labute approximate surface area is 119 Å². The molecule has 1 aromatic rings. The quantitative estimate of drug-likeness (QED) is 0.794. The van der Waals surface area contributed by atoms with Crippen molar-refractivity contribution in [1.82, 2.24) is 4.90 Å². The summed E-state index contributed by atoms with van der Waals surface area (Å²) in [4.78, 5) is 13.8. The van der Waals surface area contributed by atoms with Gasteiger partial charge >= 0.3 is 5.97 Å². The van der Waals surface area contributed by atoms with Gasteiger partial charge in [0.05, 0.1) is 12.7 Å². The molecule has 110 valence electrons. The SMILES string of the molecule is COC(=O)c1ccc(CN2C(C)CCCC2C)cc1F. The van der Waals surface area contributed by atoms with E-state index in [1.54, 1.807) is 0 Å². The van der Waals surface area contributed by atoms with E-state index in [2.05, 4.69) is 23.5 Å². The van der Waals surface area contributed by atoms with E-state index in [0.717, 1.165) is 12.1 Å². The zero-order valence-electron chi connectivity index (χ0n) is 12.4. The number of carbonyl (C=O) groups excluding carboxylic acids is 1. The third-order valence-corrected chi connectivity index (χ3v) is 4.18. The number of rotatable bonds is 3. The number of likely N-dealkylation sites (tertiary alicyclic amines) is 1. The topological polar surface area (TPSA) is 29.5 Å². The number of hydrogen-bond acceptors (Lipinski definition) is 3. The minimum Gasteiger partial charge on any atom is -0.465 e. The lowest BCUT2D eigenvalue weighted by atomic mass is 9.96. The molecule has 1 aliphatic rings. The van der Waals surface area contributed by atoms with Gasteiger partial charge in [-0.1, -0.05) is 12.5 Å². The summed E-state index contributed by atoms with van der Waals surface area (Å²) in [6, 6.07) is 5.80. The number of benzene rings is 1. The number of piperidine rings is 1. The van der Waals surface area contributed by atoms with Gasteiger partial charge in [0, 0.05) is 18.6 Å². The minimum atomic E-state index is -0.631. The zero-order valence-corrected chi connectivity index (χ0v) is 12.4. The molecule has 3 nitrogen and oxygen atoms in total. The molecule has 1 fully saturated rings. The van der Waals surface area contributed by atoms with Crippen LogP contribution in [0.4, 0.5) is 4.39 Å². The highest BCUT2D eigenvalue weighted by atomic mass is 19.1. The molecule has 20 heavy (non-hydrogen) atoms. The van der Waals surface area contributed by atoms with E-state index in [0.29, 0.717) is 12.1 Å². The summed E-state index contributed by atoms with van der Waals surface area (Å²) in [5, 5.41) is 0. The van der Waals surface area contributed by atoms with Gasteiger partial charge in [-0.25, -0.2) is 9.18 Å². The van der Waals surface area contributed by atoms with E-state index in [-0.39, 0.29) is 5.56 Å². The molecule has 2 atom stereocenters. The number of carbonyl (C=O) groups is 1. The summed E-state index contributed by atoms with van der Waals surface area (Å²) in [7, 11) is 1.26. The van der Waals surface area contributed by atoms with E-state index >= 15 is 0 Å². The van der Waals surface area contributed by atoms with Crippen LogP contribution < -0.4 is 0 Å². The number of ether oxygens (including phenoxy) is 1. The number of nitrogens with zero attached hydrogens (tertiary/aromatic N) is 1. The summed E-state index contributed by atoms with van der Waals surface area (Å²) in [5.41, 5.74) is 0.895. The molecule has 1 heterocycles. The first-order chi connectivity index (χ1) is 9.52. The Kier molecular flexibility index (Phi) is 4.76. The molecule has 2 unspecified atom stereocenters. The summed E-state index contributed by atoms with van der Waals surface area (Å²) in [6.45, 7) is 5.16. The molecule has 4 heteroatoms. The molecule has 0 bridgehead atoms. The maximum Gasteiger partial charge on any atom is 0.340 e. The third kappa shape index (κ3) is 3.18. The largest absolute Gasteiger partial charge is 0.465 e. The van der Waals surface area contributed by atoms with Crippen molar-refractivity contribution in [3.63, 3.8) is 0 Å². The Morgan fingerprint density at radius 1 is 1.35 bits per heavy atom. The molecule has 0 spiro atoms. The van der Waals surface area contributed by atoms with Crippen LogP contribution in [0, 0.1) is 5.82 Å². The third-order valence-electron chi connectivity index (χ3n) is 4.18. The Morgan fingerprint density at radius 2 is 2.00 bits per heavy atom. The standard InChI is InChI=1S/C16H22FNO2/c1-11-5-4-6-12(2)18(11)10-13-7-8-14(15(17)9-13)16(19)20-3/h7-9,11-12H,4-6,10H2,1-3H3. The van der Waals surface area contributed by atoms with Crippen molar-refractivity contribution in [2.75, 3.05) is 7.11 Å². The molecule has 0 N–H and O–H groups in total. The molecular weight excluding hydrogens is 257 g/mol. The molecule has 0 aromatic heterocycles. The lowest BCUT2D eigenvalue weighted by molar-refractivity contribution is 0.0595. The van der Waals surface area contributed by atoms with Crippen LogP contribution in [0.5, 0.6) is 0 Å². The second-order valence-corrected chi connectivity index (χ2v) is 5.61. The fourth-order valence-electron chi connectivity index (χ4n) is 2.93. The Bertz CT molecular complexity index is 479. The number of esters is 1. The predicted molar refractivity (Wildman–Crippen MR) is 76.1 cm³/mol. The minimum absolute atomic E-state index is 0.00371. The van der Waals surface area contributed by atoms with Crippen LogP contribution in [0.15, 0.2) is 18.2 Å². The van der Waals surface area contributed by atoms with E-state index in [9.17, 15) is 9.18 Å². The van der Waals surface area contributed by atoms with Gasteiger partial charge in [-0.15, -0.1) is 0 Å². The first-order valence-electron chi connectivity index (χ1n) is 7.15. The maximum absolute atomic E-state index is 13.9. The van der Waals surface area contributed by atoms with Crippen LogP contribution in [-0.4, -0.2) is 30.1 Å². The van der Waals surface area contributed by atoms with Gasteiger partial charge < -0.3 is 4.74 Å². The lowest BCUT2D eigenvalue weighted by Gasteiger charge is -2.39. The van der Waals surface area contributed by atoms with Crippen molar-refractivity contribution >= 4 is 5.97 Å². The predicted octanol–water partition coefficient (Wildman–Crippen LogP) is 3.38. The van der Waals surface area contributed by atoms with Crippen LogP contribution in [0.25, 0.3) is 0 Å². The lowest BCUT2D eigenvalue weighted by Crippen LogP contribution is -2.42. The highest BCUT2D eigenvalue weighted by molar-refractivity contribution is 5.89. The summed E-state index contributed by atoms with van der Waals surface area (Å²) >= 11 is 0. The highest BCUT2D eigenvalue weighted by Crippen LogP contribution is 2.25. The summed E-state index contributed by atoms with van der Waals surface area (Å²) in [6.07, 6.45) is 3.63. The zero-order chi connectivity index (χ0) is 14.7. The second-order valence-electron chi connectivity index (χ2n) is 5.61. The van der Waals surface area contributed by atoms with Gasteiger partial charge in [-0.05, 0) is 44.4 Å². The molecule has 0 saturated carbocycles. The summed E-state index contributed by atoms with van der Waals surface area (Å²) in [5.74, 6) is -1.14. The Balaban J connectivity index is 2.14. The molecule has 0 radical (unpaired) electrons. The van der Waals surface area contributed by atoms with Crippen LogP contribution in [-0.2, 0) is 11.3 Å². The van der Waals surface area contributed by atoms with Crippen LogP contribution in [0.2, 0.25) is 0 Å². The molecular formula is C16H22FNO2. The molecule has 2 rings (SSSR count). The first-order valence-corrected chi connectivity index (χ1v) is 7.15. The molecule has 1 saturated heterocycles. The van der Waals surface area contributed by atoms with E-state index < -0.39 is 11.8 Å². The monoisotopic (exact) mass is 279 g/mol. The van der Waals surface area contributed by atoms with Crippen LogP contribution >= 0.6 is 0 Å². The van der Waals surface area contributed by atoms with Gasteiger partial charge in [-0.3, -0.25) is 4.90 Å². The van der Waals surface area contributed by atoms with Crippen LogP contribution in [0.3, 0.4) is 0 Å². The normalized spacial score (nSPS) is 23.6. The Morgan fingerprint density at radius 3 is 2.55 bits per heavy atom. The van der Waals surface area contributed by atoms with Crippen molar-refractivity contribution in [2.24, 2.45) is 0 Å². The smallest absolute Gasteiger partial charge is 0.340 e. The van der Waals surface area contributed by atoms with E-state index in [4.69, 9.17) is 0 Å². The highest BCUT2D eigenvalue weighted by Gasteiger charge is 2.25. The van der Waals surface area contributed by atoms with Gasteiger partial charge in [0.2, 0.25) is 0 Å². The second kappa shape index (κ2) is 6.35. The van der Waals surface area contributed by atoms with Crippen molar-refractivity contribution in [3.8, 4) is 0 Å². The van der Waals surface area contributed by atoms with Gasteiger partial charge in [0.1, 0.15) is 5.82 Å². The summed E-state index contributed by atoms with van der Waals surface area (Å²) < 4.78 is 18.5. The number of halogens is 1. The molecule has 1 aromatic carbocycles. The maximum atomic E-state index is 13.9. The Hall–Kier alpha value is -1.42. The molecule has 0 amide bonds. The van der Waals surface area contributed by atoms with Crippen LogP contribution in [0.1, 0.15) is 49.0 Å². The van der Waals surface area contributed by atoms with E-state index in [1.807, 2.05) is 6.07 Å². The number of methoxy groups -OCH3 is 1. The van der Waals surface area contributed by atoms with Crippen molar-refractivity contribution in [2.45, 2.75) is 51.7 Å². The van der Waals surface area contributed by atoms with Crippen molar-refractivity contribution < 1.29 is 13.9 Å². The number of hydrogen-bond donors (Lipinski definition) is 0. The van der Waals surface area contributed by atoms with Gasteiger partial charge in [0.25, 0.3) is 0 Å². The van der Waals surface area contributed by atoms with Gasteiger partial charge in [-0.2, -0.15) is 0 Å². The average Bonchev–Trinajstić information content (AvgIpc) is 2.42. The first kappa shape index (κ1) is 15.0. The van der Waals surface area contributed by atoms with Gasteiger partial charge in [0.15, 0.2) is 0 Å². The van der Waals surface area contributed by atoms with Crippen molar-refractivity contribution in [3.05, 3.63) is 35.1 Å². The fourth-order valence-corrected chi connectivity index (χ4v) is 2.93. The average molecular weight is 279 g/mol. The molecule has 1 aliphatic heterocycles. The van der Waals surface area contributed by atoms with Crippen molar-refractivity contribution in [1.29, 1.82) is 0 Å². The van der Waals surface area contributed by atoms with E-state index in [1.165, 1.54) is 38.5 Å².